The van der Waals surface area contributed by atoms with Gasteiger partial charge in [0.15, 0.2) is 8.32 Å². The molecule has 0 aliphatic heterocycles. The van der Waals surface area contributed by atoms with E-state index >= 15 is 0 Å². The second-order valence-electron chi connectivity index (χ2n) is 42.7. The molecule has 12 atom stereocenters. The number of para-hydroxylation sites is 3. The summed E-state index contributed by atoms with van der Waals surface area (Å²) in [6.45, 7) is 57.0. The summed E-state index contributed by atoms with van der Waals surface area (Å²) in [5, 5.41) is 10.5. The fourth-order valence-electron chi connectivity index (χ4n) is 20.9. The van der Waals surface area contributed by atoms with Crippen molar-refractivity contribution in [3.05, 3.63) is 430 Å². The maximum absolute atomic E-state index is 6.87. The SMILES string of the molecule is Cc1ccc([Si]([N-]C(C)(C)C)(c2ccc(C)cc2)C2CC(O[Si](C)(C)C)C3C=CC=CC32)cc1.Cc1ccc([Si]([N-]C(C)(C)C)(c2ccc(C)cc2)C2CC(SC(C)C)C3C=CC=CC32)cc1.Cc1ccc([Si]([N-]C(C)(C)C)(c2ccc(C)cc2)C2CC(Sc3ccccc3)C3C=CC=CC32)cc1.[CH2-]c1ccccc1N(C)C.[CH2-]c1ccccc1N(C)C.[CH2-]c1ccccc1N(C)C.[CH3-].[CH3-].[CH3-].[Sc+3].[Sc+3].[Sc+3]. The van der Waals surface area contributed by atoms with E-state index in [1.54, 1.807) is 0 Å². The first-order valence-corrected chi connectivity index (χ1v) is 59.7. The molecule has 10 aromatic carbocycles. The number of fused-ring (bicyclic) bond motifs is 3. The van der Waals surface area contributed by atoms with Crippen molar-refractivity contribution in [3.63, 3.8) is 0 Å². The van der Waals surface area contributed by atoms with Crippen LogP contribution in [-0.2, 0) is 82.0 Å². The van der Waals surface area contributed by atoms with Gasteiger partial charge in [-0.15, -0.1) is 46.6 Å². The van der Waals surface area contributed by atoms with Gasteiger partial charge in [0.2, 0.25) is 0 Å². The summed E-state index contributed by atoms with van der Waals surface area (Å²) in [7, 11) is 2.87. The number of aryl methyl sites for hydroxylation is 6. The minimum Gasteiger partial charge on any atom is -0.652 e. The minimum atomic E-state index is -2.55. The Morgan fingerprint density at radius 2 is 0.547 bits per heavy atom. The van der Waals surface area contributed by atoms with Crippen LogP contribution in [0, 0.1) is 120 Å². The number of benzene rings is 10. The van der Waals surface area contributed by atoms with Crippen LogP contribution in [0.1, 0.15) is 145 Å². The van der Waals surface area contributed by atoms with Crippen LogP contribution in [0.5, 0.6) is 0 Å². The number of rotatable bonds is 21. The zero-order chi connectivity index (χ0) is 96.5. The van der Waals surface area contributed by atoms with Gasteiger partial charge in [-0.2, -0.15) is 67.4 Å². The van der Waals surface area contributed by atoms with E-state index in [2.05, 4.69) is 463 Å². The van der Waals surface area contributed by atoms with Crippen molar-refractivity contribution >= 4 is 105 Å². The molecule has 0 spiro atoms. The van der Waals surface area contributed by atoms with Crippen molar-refractivity contribution in [2.45, 2.75) is 217 Å². The predicted molar refractivity (Wildman–Crippen MR) is 618 cm³/mol. The van der Waals surface area contributed by atoms with Crippen molar-refractivity contribution < 1.29 is 82.0 Å². The molecule has 139 heavy (non-hydrogen) atoms. The van der Waals surface area contributed by atoms with Gasteiger partial charge in [-0.05, 0) is 186 Å². The Morgan fingerprint density at radius 1 is 0.317 bits per heavy atom. The molecular formula is C123H165N6OS2Sc3Si4. The molecule has 3 saturated carbocycles. The fourth-order valence-corrected chi connectivity index (χ4v) is 41.7. The molecule has 0 saturated heterocycles. The first kappa shape index (κ1) is 123. The van der Waals surface area contributed by atoms with E-state index < -0.39 is 33.0 Å². The molecule has 0 N–H and O–H groups in total. The third kappa shape index (κ3) is 32.6. The molecule has 0 aromatic heterocycles. The summed E-state index contributed by atoms with van der Waals surface area (Å²) >= 11 is 4.24. The summed E-state index contributed by atoms with van der Waals surface area (Å²) in [5.41, 5.74) is 15.8. The van der Waals surface area contributed by atoms with Crippen LogP contribution in [0.2, 0.25) is 36.3 Å². The Kier molecular flexibility index (Phi) is 48.5. The van der Waals surface area contributed by atoms with Crippen LogP contribution in [0.25, 0.3) is 14.9 Å². The van der Waals surface area contributed by atoms with E-state index in [9.17, 15) is 0 Å². The van der Waals surface area contributed by atoms with Gasteiger partial charge in [0.25, 0.3) is 0 Å². The van der Waals surface area contributed by atoms with E-state index in [0.717, 1.165) is 23.1 Å². The zero-order valence-corrected chi connectivity index (χ0v) is 101. The van der Waals surface area contributed by atoms with Crippen molar-refractivity contribution in [1.82, 2.24) is 0 Å². The Balaban J connectivity index is 0.000000313. The molecular weight excluding hydrogens is 1890 g/mol. The molecule has 3 fully saturated rings. The topological polar surface area (TPSA) is 61.3 Å². The molecule has 0 amide bonds. The maximum Gasteiger partial charge on any atom is 3.00 e. The Bertz CT molecular complexity index is 5290. The van der Waals surface area contributed by atoms with Crippen molar-refractivity contribution in [1.29, 1.82) is 0 Å². The molecule has 7 nitrogen and oxygen atoms in total. The van der Waals surface area contributed by atoms with Gasteiger partial charge in [-0.1, -0.05) is 431 Å². The number of thioether (sulfide) groups is 2. The van der Waals surface area contributed by atoms with E-state index in [0.29, 0.717) is 67.9 Å². The van der Waals surface area contributed by atoms with Gasteiger partial charge in [0.05, 0.1) is 6.10 Å². The van der Waals surface area contributed by atoms with Gasteiger partial charge in [0, 0.05) is 46.0 Å². The van der Waals surface area contributed by atoms with Gasteiger partial charge in [0.1, 0.15) is 0 Å². The molecule has 730 valence electrons. The summed E-state index contributed by atoms with van der Waals surface area (Å²) in [4.78, 5) is 25.3. The Hall–Kier alpha value is -6.33. The largest absolute Gasteiger partial charge is 3.00 e. The second-order valence-corrected chi connectivity index (χ2v) is 61.2. The second kappa shape index (κ2) is 54.7. The monoisotopic (exact) mass is 2050 g/mol. The summed E-state index contributed by atoms with van der Waals surface area (Å²) in [6.07, 6.45) is 32.2. The van der Waals surface area contributed by atoms with Crippen LogP contribution in [0.15, 0.2) is 327 Å². The molecule has 0 bridgehead atoms. The van der Waals surface area contributed by atoms with Crippen LogP contribution < -0.4 is 45.8 Å². The van der Waals surface area contributed by atoms with E-state index in [1.807, 2.05) is 96.9 Å². The van der Waals surface area contributed by atoms with Crippen LogP contribution in [0.3, 0.4) is 0 Å². The third-order valence-corrected chi connectivity index (χ3v) is 45.5. The standard InChI is InChI=1S/C33H38NSSi.C30H42NOSi2.C30H40NSSi.3C9H12N.3CH3.3Sc/c1-24-15-19-27(20-16-24)36(34-33(3,4)5,28-21-17-25(2)18-22-28)32-23-31(29-13-9-10-14-30(29)32)35-26-11-7-6-8-12-26;1-22-13-17-24(18-14-22)34(31-30(3,4)5,25-19-15-23(2)16-20-25)29-21-28(32-33(6,7)8)26-11-9-10-12-27(26)29;1-21(2)32-28-20-29(27-11-9-8-10-26(27)28)33(31-30(5,6)7,24-16-12-22(3)13-17-24)25-18-14-23(4)15-19-25;3*1-8-6-4-5-7-9(8)10(2)3;;;;;;/h6-22,29-32H,23H2,1-5H3;9-20,26-29H,21H2,1-8H3;8-19,21,26-29H,20H2,1-7H3;3*4-7H,1H2,2-3H3;3*1H3;;;/q9*-1;3*+3. The van der Waals surface area contributed by atoms with Gasteiger partial charge >= 0.3 is 77.5 Å². The summed E-state index contributed by atoms with van der Waals surface area (Å²) in [5.74, 6) is 3.06. The van der Waals surface area contributed by atoms with Gasteiger partial charge in [-0.25, -0.2) is 0 Å². The predicted octanol–water partition coefficient (Wildman–Crippen LogP) is 29.0. The molecule has 0 heterocycles. The molecule has 0 radical (unpaired) electrons. The quantitative estimate of drug-likeness (QED) is 0.0528. The molecule has 16 rings (SSSR count). The van der Waals surface area contributed by atoms with E-state index in [1.165, 1.54) is 99.3 Å². The van der Waals surface area contributed by atoms with E-state index in [-0.39, 0.29) is 123 Å². The number of anilines is 3. The smallest absolute Gasteiger partial charge is 0.652 e. The fraction of sp³-hybridized carbons (Fsp3) is 0.366. The molecule has 6 aliphatic rings. The third-order valence-electron chi connectivity index (χ3n) is 26.3. The molecule has 6 aliphatic carbocycles. The number of nitrogens with zero attached hydrogens (tertiary/aromatic N) is 6. The van der Waals surface area contributed by atoms with Crippen molar-refractivity contribution in [2.75, 3.05) is 57.0 Å². The van der Waals surface area contributed by atoms with E-state index in [4.69, 9.17) is 19.4 Å². The molecule has 16 heteroatoms. The normalized spacial score (nSPS) is 20.2. The van der Waals surface area contributed by atoms with Gasteiger partial charge in [-0.3, -0.25) is 0 Å². The van der Waals surface area contributed by atoms with Crippen LogP contribution in [0.4, 0.5) is 17.1 Å². The summed E-state index contributed by atoms with van der Waals surface area (Å²) in [6, 6.07) is 91.4. The zero-order valence-electron chi connectivity index (χ0n) is 90.0. The number of hydrogen-bond donors (Lipinski definition) is 0. The first-order valence-electron chi connectivity index (χ1n) is 48.4. The van der Waals surface area contributed by atoms with Crippen molar-refractivity contribution in [2.24, 2.45) is 35.5 Å². The Morgan fingerprint density at radius 3 is 0.791 bits per heavy atom. The van der Waals surface area contributed by atoms with Crippen molar-refractivity contribution in [3.8, 4) is 0 Å². The van der Waals surface area contributed by atoms with Gasteiger partial charge < -0.3 is 56.4 Å². The molecule has 10 aromatic rings. The van der Waals surface area contributed by atoms with Crippen LogP contribution >= 0.6 is 23.5 Å². The maximum atomic E-state index is 6.87. The average Bonchev–Trinajstić information content (AvgIpc) is 1.61. The number of allylic oxidation sites excluding steroid dienone is 11. The average molecular weight is 2060 g/mol. The first-order chi connectivity index (χ1) is 62.9. The minimum absolute atomic E-state index is 0. The number of hydrogen-bond acceptors (Lipinski definition) is 6. The molecule has 12 unspecified atom stereocenters. The Labute approximate surface area is 916 Å². The summed E-state index contributed by atoms with van der Waals surface area (Å²) < 4.78 is 6.87. The van der Waals surface area contributed by atoms with Crippen LogP contribution in [-0.4, -0.2) is 114 Å².